The van der Waals surface area contributed by atoms with Crippen LogP contribution in [0, 0.1) is 5.92 Å². The second-order valence-corrected chi connectivity index (χ2v) is 5.38. The lowest BCUT2D eigenvalue weighted by molar-refractivity contribution is -0.153. The van der Waals surface area contributed by atoms with E-state index in [1.807, 2.05) is 6.92 Å². The van der Waals surface area contributed by atoms with Gasteiger partial charge in [0.1, 0.15) is 12.1 Å². The Morgan fingerprint density at radius 3 is 3.00 bits per heavy atom. The molecule has 0 bridgehead atoms. The summed E-state index contributed by atoms with van der Waals surface area (Å²) in [4.78, 5) is 8.37. The molecule has 3 rings (SSSR count). The Morgan fingerprint density at radius 2 is 2.20 bits per heavy atom. The third kappa shape index (κ3) is 2.73. The quantitative estimate of drug-likeness (QED) is 0.862. The molecular weight excluding hydrogens is 258 g/mol. The van der Waals surface area contributed by atoms with Gasteiger partial charge in [0.25, 0.3) is 0 Å². The maximum Gasteiger partial charge on any atom is 0.166 e. The zero-order valence-corrected chi connectivity index (χ0v) is 11.7. The zero-order chi connectivity index (χ0) is 14.0. The normalized spacial score (nSPS) is 19.3. The number of rotatable bonds is 5. The van der Waals surface area contributed by atoms with E-state index in [1.165, 1.54) is 6.33 Å². The largest absolute Gasteiger partial charge is 0.369 e. The van der Waals surface area contributed by atoms with Gasteiger partial charge in [0.05, 0.1) is 24.8 Å². The van der Waals surface area contributed by atoms with Crippen molar-refractivity contribution >= 4 is 16.9 Å². The SMILES string of the molecule is C[C@@H](CNc1ncnc2[nH]ncc12)CC1(C)OCCO1. The summed E-state index contributed by atoms with van der Waals surface area (Å²) >= 11 is 0. The van der Waals surface area contributed by atoms with E-state index in [9.17, 15) is 0 Å². The molecule has 0 radical (unpaired) electrons. The maximum absolute atomic E-state index is 5.63. The van der Waals surface area contributed by atoms with Gasteiger partial charge in [-0.25, -0.2) is 9.97 Å². The average Bonchev–Trinajstić information content (AvgIpc) is 3.05. The van der Waals surface area contributed by atoms with Gasteiger partial charge in [0.15, 0.2) is 11.4 Å². The van der Waals surface area contributed by atoms with Crippen LogP contribution in [0.3, 0.4) is 0 Å². The van der Waals surface area contributed by atoms with Crippen molar-refractivity contribution in [3.05, 3.63) is 12.5 Å². The van der Waals surface area contributed by atoms with Gasteiger partial charge in [0, 0.05) is 13.0 Å². The van der Waals surface area contributed by atoms with Crippen LogP contribution in [-0.4, -0.2) is 45.7 Å². The number of nitrogens with one attached hydrogen (secondary N) is 2. The first kappa shape index (κ1) is 13.3. The lowest BCUT2D eigenvalue weighted by Gasteiger charge is -2.26. The molecule has 1 atom stereocenters. The number of aromatic nitrogens is 4. The fraction of sp³-hybridized carbons (Fsp3) is 0.615. The fourth-order valence-electron chi connectivity index (χ4n) is 2.56. The van der Waals surface area contributed by atoms with E-state index < -0.39 is 5.79 Å². The maximum atomic E-state index is 5.63. The van der Waals surface area contributed by atoms with Crippen molar-refractivity contribution in [3.63, 3.8) is 0 Å². The molecule has 0 saturated carbocycles. The minimum absolute atomic E-state index is 0.398. The molecule has 7 nitrogen and oxygen atoms in total. The Hall–Kier alpha value is -1.73. The number of nitrogens with zero attached hydrogens (tertiary/aromatic N) is 3. The Morgan fingerprint density at radius 1 is 1.40 bits per heavy atom. The van der Waals surface area contributed by atoms with E-state index in [0.29, 0.717) is 19.1 Å². The summed E-state index contributed by atoms with van der Waals surface area (Å²) in [6, 6.07) is 0. The molecule has 20 heavy (non-hydrogen) atoms. The lowest BCUT2D eigenvalue weighted by atomic mass is 10.0. The van der Waals surface area contributed by atoms with E-state index in [4.69, 9.17) is 9.47 Å². The molecule has 1 saturated heterocycles. The highest BCUT2D eigenvalue weighted by molar-refractivity contribution is 5.85. The monoisotopic (exact) mass is 277 g/mol. The Bertz CT molecular complexity index is 579. The number of fused-ring (bicyclic) bond motifs is 1. The molecule has 1 aliphatic rings. The van der Waals surface area contributed by atoms with Gasteiger partial charge in [-0.1, -0.05) is 6.92 Å². The molecule has 2 aromatic rings. The van der Waals surface area contributed by atoms with Crippen LogP contribution in [0.15, 0.2) is 12.5 Å². The van der Waals surface area contributed by atoms with Crippen molar-refractivity contribution in [1.82, 2.24) is 20.2 Å². The van der Waals surface area contributed by atoms with Gasteiger partial charge in [0.2, 0.25) is 0 Å². The van der Waals surface area contributed by atoms with Crippen LogP contribution in [0.1, 0.15) is 20.3 Å². The van der Waals surface area contributed by atoms with Crippen molar-refractivity contribution in [2.45, 2.75) is 26.1 Å². The van der Waals surface area contributed by atoms with Gasteiger partial charge in [-0.15, -0.1) is 0 Å². The Labute approximate surface area is 117 Å². The standard InChI is InChI=1S/C13H19N5O2/c1-9(5-13(2)19-3-4-20-13)6-14-11-10-7-17-18-12(10)16-8-15-11/h7-9H,3-6H2,1-2H3,(H2,14,15,16,17,18)/t9-/m1/s1. The summed E-state index contributed by atoms with van der Waals surface area (Å²) in [5, 5.41) is 11.1. The van der Waals surface area contributed by atoms with Crippen LogP contribution in [0.25, 0.3) is 11.0 Å². The van der Waals surface area contributed by atoms with Gasteiger partial charge in [-0.2, -0.15) is 5.10 Å². The molecular formula is C13H19N5O2. The van der Waals surface area contributed by atoms with E-state index in [-0.39, 0.29) is 0 Å². The molecule has 2 aromatic heterocycles. The molecule has 2 N–H and O–H groups in total. The molecule has 7 heteroatoms. The van der Waals surface area contributed by atoms with Crippen molar-refractivity contribution in [3.8, 4) is 0 Å². The van der Waals surface area contributed by atoms with Crippen LogP contribution in [-0.2, 0) is 9.47 Å². The van der Waals surface area contributed by atoms with Crippen molar-refractivity contribution < 1.29 is 9.47 Å². The minimum atomic E-state index is -0.447. The zero-order valence-electron chi connectivity index (χ0n) is 11.7. The van der Waals surface area contributed by atoms with Crippen LogP contribution >= 0.6 is 0 Å². The summed E-state index contributed by atoms with van der Waals surface area (Å²) in [6.45, 7) is 6.31. The summed E-state index contributed by atoms with van der Waals surface area (Å²) < 4.78 is 11.3. The molecule has 1 fully saturated rings. The van der Waals surface area contributed by atoms with Crippen LogP contribution < -0.4 is 5.32 Å². The van der Waals surface area contributed by atoms with Crippen LogP contribution in [0.5, 0.6) is 0 Å². The van der Waals surface area contributed by atoms with Gasteiger partial charge in [-0.3, -0.25) is 5.10 Å². The van der Waals surface area contributed by atoms with Crippen molar-refractivity contribution in [2.75, 3.05) is 25.1 Å². The smallest absolute Gasteiger partial charge is 0.166 e. The number of aromatic amines is 1. The third-order valence-corrected chi connectivity index (χ3v) is 3.48. The lowest BCUT2D eigenvalue weighted by Crippen LogP contribution is -2.30. The number of hydrogen-bond donors (Lipinski definition) is 2. The van der Waals surface area contributed by atoms with Gasteiger partial charge in [-0.05, 0) is 12.8 Å². The number of anilines is 1. The Kier molecular flexibility index (Phi) is 3.54. The van der Waals surface area contributed by atoms with E-state index in [1.54, 1.807) is 6.20 Å². The first-order valence-electron chi connectivity index (χ1n) is 6.82. The van der Waals surface area contributed by atoms with E-state index >= 15 is 0 Å². The number of ether oxygens (including phenoxy) is 2. The molecule has 0 aromatic carbocycles. The molecule has 0 amide bonds. The fourth-order valence-corrected chi connectivity index (χ4v) is 2.56. The molecule has 108 valence electrons. The Balaban J connectivity index is 1.60. The highest BCUT2D eigenvalue weighted by Gasteiger charge is 2.32. The minimum Gasteiger partial charge on any atom is -0.369 e. The van der Waals surface area contributed by atoms with Crippen molar-refractivity contribution in [2.24, 2.45) is 5.92 Å². The summed E-state index contributed by atoms with van der Waals surface area (Å²) in [5.74, 6) is 0.751. The highest BCUT2D eigenvalue weighted by Crippen LogP contribution is 2.27. The van der Waals surface area contributed by atoms with E-state index in [0.717, 1.165) is 29.8 Å². The first-order valence-corrected chi connectivity index (χ1v) is 6.82. The second kappa shape index (κ2) is 5.34. The molecule has 1 aliphatic heterocycles. The number of hydrogen-bond acceptors (Lipinski definition) is 6. The van der Waals surface area contributed by atoms with Crippen molar-refractivity contribution in [1.29, 1.82) is 0 Å². The first-order chi connectivity index (χ1) is 9.66. The van der Waals surface area contributed by atoms with Crippen LogP contribution in [0.4, 0.5) is 5.82 Å². The molecule has 0 aliphatic carbocycles. The predicted octanol–water partition coefficient (Wildman–Crippen LogP) is 1.55. The predicted molar refractivity (Wildman–Crippen MR) is 74.3 cm³/mol. The summed E-state index contributed by atoms with van der Waals surface area (Å²) in [5.41, 5.74) is 0.740. The van der Waals surface area contributed by atoms with E-state index in [2.05, 4.69) is 32.4 Å². The molecule has 0 unspecified atom stereocenters. The summed E-state index contributed by atoms with van der Waals surface area (Å²) in [7, 11) is 0. The summed E-state index contributed by atoms with van der Waals surface area (Å²) in [6.07, 6.45) is 4.10. The number of H-pyrrole nitrogens is 1. The van der Waals surface area contributed by atoms with Gasteiger partial charge >= 0.3 is 0 Å². The molecule has 0 spiro atoms. The second-order valence-electron chi connectivity index (χ2n) is 5.38. The highest BCUT2D eigenvalue weighted by atomic mass is 16.7. The van der Waals surface area contributed by atoms with Crippen LogP contribution in [0.2, 0.25) is 0 Å². The third-order valence-electron chi connectivity index (χ3n) is 3.48. The topological polar surface area (TPSA) is 85.0 Å². The average molecular weight is 277 g/mol. The molecule has 3 heterocycles. The van der Waals surface area contributed by atoms with Gasteiger partial charge < -0.3 is 14.8 Å².